The predicted octanol–water partition coefficient (Wildman–Crippen LogP) is 3.36. The maximum atomic E-state index is 12.4. The van der Waals surface area contributed by atoms with Crippen LogP contribution in [-0.4, -0.2) is 32.5 Å². The van der Waals surface area contributed by atoms with Crippen LogP contribution in [0.25, 0.3) is 0 Å². The quantitative estimate of drug-likeness (QED) is 0.909. The lowest BCUT2D eigenvalue weighted by molar-refractivity contribution is -0.120. The van der Waals surface area contributed by atoms with Crippen LogP contribution in [0.3, 0.4) is 0 Å². The van der Waals surface area contributed by atoms with Crippen molar-refractivity contribution >= 4 is 28.9 Å². The Balaban J connectivity index is 2.13. The standard InChI is InChI=1S/C20H25N3O2/c1-14-7-6-8-19(15(14)2)23(16(3)24)13-20(25)21-17-9-11-18(12-10-17)22(4)5/h6-12H,13H2,1-5H3,(H,21,25). The highest BCUT2D eigenvalue weighted by Crippen LogP contribution is 2.23. The molecule has 0 bridgehead atoms. The van der Waals surface area contributed by atoms with E-state index >= 15 is 0 Å². The number of nitrogens with one attached hydrogen (secondary N) is 1. The first kappa shape index (κ1) is 18.5. The third-order valence-corrected chi connectivity index (χ3v) is 4.22. The van der Waals surface area contributed by atoms with Crippen LogP contribution in [0.2, 0.25) is 0 Å². The van der Waals surface area contributed by atoms with E-state index in [4.69, 9.17) is 0 Å². The van der Waals surface area contributed by atoms with E-state index in [9.17, 15) is 9.59 Å². The number of hydrogen-bond donors (Lipinski definition) is 1. The Morgan fingerprint density at radius 2 is 1.64 bits per heavy atom. The van der Waals surface area contributed by atoms with Crippen LogP contribution < -0.4 is 15.1 Å². The fraction of sp³-hybridized carbons (Fsp3) is 0.300. The second kappa shape index (κ2) is 7.83. The molecule has 132 valence electrons. The number of benzene rings is 2. The van der Waals surface area contributed by atoms with Crippen molar-refractivity contribution in [2.45, 2.75) is 20.8 Å². The van der Waals surface area contributed by atoms with Crippen LogP contribution >= 0.6 is 0 Å². The summed E-state index contributed by atoms with van der Waals surface area (Å²) in [5, 5.41) is 2.85. The van der Waals surface area contributed by atoms with Gasteiger partial charge in [0, 0.05) is 38.1 Å². The number of nitrogens with zero attached hydrogens (tertiary/aromatic N) is 2. The van der Waals surface area contributed by atoms with E-state index in [1.165, 1.54) is 11.8 Å². The number of carbonyl (C=O) groups excluding carboxylic acids is 2. The first-order chi connectivity index (χ1) is 11.8. The summed E-state index contributed by atoms with van der Waals surface area (Å²) in [6.07, 6.45) is 0. The average Bonchev–Trinajstić information content (AvgIpc) is 2.56. The minimum Gasteiger partial charge on any atom is -0.378 e. The SMILES string of the molecule is CC(=O)N(CC(=O)Nc1ccc(N(C)C)cc1)c1cccc(C)c1C. The van der Waals surface area contributed by atoms with E-state index in [0.717, 1.165) is 22.5 Å². The lowest BCUT2D eigenvalue weighted by atomic mass is 10.1. The summed E-state index contributed by atoms with van der Waals surface area (Å²) >= 11 is 0. The van der Waals surface area contributed by atoms with Crippen molar-refractivity contribution < 1.29 is 9.59 Å². The molecule has 5 nitrogen and oxygen atoms in total. The highest BCUT2D eigenvalue weighted by molar-refractivity contribution is 6.02. The molecule has 0 atom stereocenters. The fourth-order valence-corrected chi connectivity index (χ4v) is 2.58. The summed E-state index contributed by atoms with van der Waals surface area (Å²) in [6.45, 7) is 5.40. The number of hydrogen-bond acceptors (Lipinski definition) is 3. The Morgan fingerprint density at radius 1 is 1.00 bits per heavy atom. The molecule has 0 spiro atoms. The smallest absolute Gasteiger partial charge is 0.244 e. The number of aryl methyl sites for hydroxylation is 1. The Kier molecular flexibility index (Phi) is 5.80. The van der Waals surface area contributed by atoms with Gasteiger partial charge in [0.25, 0.3) is 0 Å². The monoisotopic (exact) mass is 339 g/mol. The minimum absolute atomic E-state index is 0.0188. The van der Waals surface area contributed by atoms with Gasteiger partial charge in [-0.1, -0.05) is 12.1 Å². The molecule has 0 aliphatic rings. The Labute approximate surface area is 149 Å². The third-order valence-electron chi connectivity index (χ3n) is 4.22. The molecular formula is C20H25N3O2. The van der Waals surface area contributed by atoms with Gasteiger partial charge in [0.2, 0.25) is 11.8 Å². The van der Waals surface area contributed by atoms with Gasteiger partial charge in [-0.3, -0.25) is 9.59 Å². The van der Waals surface area contributed by atoms with Crippen LogP contribution in [0, 0.1) is 13.8 Å². The van der Waals surface area contributed by atoms with Gasteiger partial charge in [-0.05, 0) is 55.3 Å². The van der Waals surface area contributed by atoms with Crippen molar-refractivity contribution in [1.82, 2.24) is 0 Å². The van der Waals surface area contributed by atoms with Crippen LogP contribution in [0.4, 0.5) is 17.1 Å². The Bertz CT molecular complexity index is 767. The molecule has 25 heavy (non-hydrogen) atoms. The zero-order valence-electron chi connectivity index (χ0n) is 15.5. The zero-order valence-corrected chi connectivity index (χ0v) is 15.5. The molecule has 0 aliphatic carbocycles. The molecule has 0 aromatic heterocycles. The van der Waals surface area contributed by atoms with Gasteiger partial charge in [-0.25, -0.2) is 0 Å². The Morgan fingerprint density at radius 3 is 2.20 bits per heavy atom. The lowest BCUT2D eigenvalue weighted by Crippen LogP contribution is -2.37. The maximum absolute atomic E-state index is 12.4. The average molecular weight is 339 g/mol. The van der Waals surface area contributed by atoms with E-state index in [1.54, 1.807) is 0 Å². The first-order valence-corrected chi connectivity index (χ1v) is 8.21. The first-order valence-electron chi connectivity index (χ1n) is 8.21. The molecule has 2 amide bonds. The number of amides is 2. The summed E-state index contributed by atoms with van der Waals surface area (Å²) in [5.74, 6) is -0.388. The molecule has 0 fully saturated rings. The van der Waals surface area contributed by atoms with Crippen molar-refractivity contribution in [3.05, 3.63) is 53.6 Å². The van der Waals surface area contributed by atoms with Crippen LogP contribution in [-0.2, 0) is 9.59 Å². The maximum Gasteiger partial charge on any atom is 0.244 e. The van der Waals surface area contributed by atoms with Crippen molar-refractivity contribution in [2.24, 2.45) is 0 Å². The second-order valence-corrected chi connectivity index (χ2v) is 6.31. The molecule has 0 unspecified atom stereocenters. The highest BCUT2D eigenvalue weighted by atomic mass is 16.2. The lowest BCUT2D eigenvalue weighted by Gasteiger charge is -2.23. The predicted molar refractivity (Wildman–Crippen MR) is 103 cm³/mol. The molecule has 5 heteroatoms. The molecule has 0 saturated carbocycles. The van der Waals surface area contributed by atoms with E-state index in [0.29, 0.717) is 5.69 Å². The molecule has 2 aromatic rings. The number of carbonyl (C=O) groups is 2. The molecule has 0 heterocycles. The van der Waals surface area contributed by atoms with Gasteiger partial charge in [0.15, 0.2) is 0 Å². The van der Waals surface area contributed by atoms with Gasteiger partial charge in [0.1, 0.15) is 6.54 Å². The second-order valence-electron chi connectivity index (χ2n) is 6.31. The summed E-state index contributed by atoms with van der Waals surface area (Å²) in [5.41, 5.74) is 4.62. The molecule has 1 N–H and O–H groups in total. The van der Waals surface area contributed by atoms with Gasteiger partial charge in [-0.15, -0.1) is 0 Å². The summed E-state index contributed by atoms with van der Waals surface area (Å²) in [6, 6.07) is 13.3. The van der Waals surface area contributed by atoms with Crippen LogP contribution in [0.1, 0.15) is 18.1 Å². The number of rotatable bonds is 5. The van der Waals surface area contributed by atoms with Crippen LogP contribution in [0.15, 0.2) is 42.5 Å². The van der Waals surface area contributed by atoms with Crippen molar-refractivity contribution in [2.75, 3.05) is 35.8 Å². The molecule has 0 radical (unpaired) electrons. The molecular weight excluding hydrogens is 314 g/mol. The molecule has 0 saturated heterocycles. The van der Waals surface area contributed by atoms with Crippen molar-refractivity contribution in [3.63, 3.8) is 0 Å². The molecule has 2 rings (SSSR count). The summed E-state index contributed by atoms with van der Waals surface area (Å²) in [7, 11) is 3.92. The third kappa shape index (κ3) is 4.59. The van der Waals surface area contributed by atoms with Gasteiger partial charge >= 0.3 is 0 Å². The highest BCUT2D eigenvalue weighted by Gasteiger charge is 2.18. The summed E-state index contributed by atoms with van der Waals surface area (Å²) < 4.78 is 0. The fourth-order valence-electron chi connectivity index (χ4n) is 2.58. The van der Waals surface area contributed by atoms with E-state index in [2.05, 4.69) is 5.32 Å². The van der Waals surface area contributed by atoms with Crippen LogP contribution in [0.5, 0.6) is 0 Å². The number of anilines is 3. The van der Waals surface area contributed by atoms with Crippen molar-refractivity contribution in [3.8, 4) is 0 Å². The van der Waals surface area contributed by atoms with E-state index in [1.807, 2.05) is 75.3 Å². The van der Waals surface area contributed by atoms with E-state index in [-0.39, 0.29) is 18.4 Å². The van der Waals surface area contributed by atoms with Crippen molar-refractivity contribution in [1.29, 1.82) is 0 Å². The van der Waals surface area contributed by atoms with Gasteiger partial charge < -0.3 is 15.1 Å². The molecule has 0 aliphatic heterocycles. The molecule has 2 aromatic carbocycles. The minimum atomic E-state index is -0.228. The largest absolute Gasteiger partial charge is 0.378 e. The van der Waals surface area contributed by atoms with E-state index < -0.39 is 0 Å². The Hall–Kier alpha value is -2.82. The topological polar surface area (TPSA) is 52.7 Å². The normalized spacial score (nSPS) is 10.3. The van der Waals surface area contributed by atoms with Gasteiger partial charge in [0.05, 0.1) is 0 Å². The van der Waals surface area contributed by atoms with Gasteiger partial charge in [-0.2, -0.15) is 0 Å². The summed E-state index contributed by atoms with van der Waals surface area (Å²) in [4.78, 5) is 28.0. The zero-order chi connectivity index (χ0) is 18.6.